The monoisotopic (exact) mass is 488 g/mol. The number of carbonyl (C=O) groups is 1. The SMILES string of the molecule is CC(C)(C)OC(=O)N1CCC(c2cc3c(-c4nc(-c5ccccc5)ccc4Cl)ccnc3[nH]2)CC1. The number of aromatic amines is 1. The Bertz CT molecular complexity index is 1350. The van der Waals surface area contributed by atoms with Crippen LogP contribution in [-0.4, -0.2) is 44.6 Å². The van der Waals surface area contributed by atoms with Crippen LogP contribution in [0, 0.1) is 0 Å². The fourth-order valence-corrected chi connectivity index (χ4v) is 4.78. The van der Waals surface area contributed by atoms with Gasteiger partial charge in [0.15, 0.2) is 0 Å². The van der Waals surface area contributed by atoms with Gasteiger partial charge in [0, 0.05) is 47.4 Å². The molecule has 0 aliphatic carbocycles. The highest BCUT2D eigenvalue weighted by Gasteiger charge is 2.28. The van der Waals surface area contributed by atoms with Crippen molar-refractivity contribution in [2.24, 2.45) is 0 Å². The van der Waals surface area contributed by atoms with Gasteiger partial charge < -0.3 is 14.6 Å². The predicted octanol–water partition coefficient (Wildman–Crippen LogP) is 7.06. The quantitative estimate of drug-likeness (QED) is 0.335. The molecule has 1 amide bonds. The summed E-state index contributed by atoms with van der Waals surface area (Å²) in [6.45, 7) is 7.01. The molecule has 0 radical (unpaired) electrons. The average molecular weight is 489 g/mol. The maximum absolute atomic E-state index is 12.4. The number of benzene rings is 1. The largest absolute Gasteiger partial charge is 0.444 e. The fourth-order valence-electron chi connectivity index (χ4n) is 4.57. The maximum Gasteiger partial charge on any atom is 0.410 e. The summed E-state index contributed by atoms with van der Waals surface area (Å²) in [5.74, 6) is 0.315. The Morgan fingerprint density at radius 1 is 1.09 bits per heavy atom. The van der Waals surface area contributed by atoms with E-state index in [1.807, 2.05) is 69.3 Å². The number of nitrogens with zero attached hydrogens (tertiary/aromatic N) is 3. The number of hydrogen-bond donors (Lipinski definition) is 1. The molecule has 4 heterocycles. The highest BCUT2D eigenvalue weighted by molar-refractivity contribution is 6.33. The first-order valence-corrected chi connectivity index (χ1v) is 12.3. The van der Waals surface area contributed by atoms with Gasteiger partial charge >= 0.3 is 6.09 Å². The van der Waals surface area contributed by atoms with Gasteiger partial charge in [-0.3, -0.25) is 0 Å². The third-order valence-corrected chi connectivity index (χ3v) is 6.61. The second kappa shape index (κ2) is 9.34. The van der Waals surface area contributed by atoms with Gasteiger partial charge in [-0.25, -0.2) is 14.8 Å². The fraction of sp³-hybridized carbons (Fsp3) is 0.321. The number of hydrogen-bond acceptors (Lipinski definition) is 4. The van der Waals surface area contributed by atoms with Crippen molar-refractivity contribution in [3.63, 3.8) is 0 Å². The molecule has 7 heteroatoms. The van der Waals surface area contributed by atoms with Crippen LogP contribution in [0.4, 0.5) is 4.79 Å². The third-order valence-electron chi connectivity index (χ3n) is 6.31. The number of fused-ring (bicyclic) bond motifs is 1. The average Bonchev–Trinajstić information content (AvgIpc) is 3.29. The molecule has 1 saturated heterocycles. The maximum atomic E-state index is 12.4. The lowest BCUT2D eigenvalue weighted by molar-refractivity contribution is 0.0204. The molecule has 35 heavy (non-hydrogen) atoms. The van der Waals surface area contributed by atoms with E-state index in [-0.39, 0.29) is 6.09 Å². The minimum absolute atomic E-state index is 0.240. The molecule has 1 N–H and O–H groups in total. The molecule has 6 nitrogen and oxygen atoms in total. The van der Waals surface area contributed by atoms with E-state index < -0.39 is 5.60 Å². The number of ether oxygens (including phenoxy) is 1. The molecule has 5 rings (SSSR count). The minimum Gasteiger partial charge on any atom is -0.444 e. The molecule has 180 valence electrons. The Labute approximate surface area is 210 Å². The summed E-state index contributed by atoms with van der Waals surface area (Å²) in [7, 11) is 0. The number of nitrogens with one attached hydrogen (secondary N) is 1. The van der Waals surface area contributed by atoms with E-state index in [0.29, 0.717) is 24.0 Å². The number of amides is 1. The summed E-state index contributed by atoms with van der Waals surface area (Å²) >= 11 is 6.62. The first kappa shape index (κ1) is 23.4. The van der Waals surface area contributed by atoms with Crippen molar-refractivity contribution in [1.82, 2.24) is 19.9 Å². The Hall–Kier alpha value is -3.38. The molecule has 0 spiro atoms. The zero-order valence-corrected chi connectivity index (χ0v) is 21.0. The lowest BCUT2D eigenvalue weighted by Gasteiger charge is -2.33. The molecule has 1 fully saturated rings. The lowest BCUT2D eigenvalue weighted by atomic mass is 9.93. The topological polar surface area (TPSA) is 71.1 Å². The second-order valence-corrected chi connectivity index (χ2v) is 10.4. The van der Waals surface area contributed by atoms with Crippen molar-refractivity contribution in [1.29, 1.82) is 0 Å². The van der Waals surface area contributed by atoms with E-state index in [0.717, 1.165) is 52.1 Å². The van der Waals surface area contributed by atoms with Crippen LogP contribution in [0.25, 0.3) is 33.5 Å². The van der Waals surface area contributed by atoms with Gasteiger partial charge in [0.2, 0.25) is 0 Å². The van der Waals surface area contributed by atoms with Gasteiger partial charge in [0.05, 0.1) is 16.4 Å². The van der Waals surface area contributed by atoms with Crippen LogP contribution < -0.4 is 0 Å². The Morgan fingerprint density at radius 3 is 2.54 bits per heavy atom. The molecule has 1 aliphatic heterocycles. The van der Waals surface area contributed by atoms with Crippen molar-refractivity contribution in [3.8, 4) is 22.5 Å². The van der Waals surface area contributed by atoms with Crippen LogP contribution in [0.15, 0.2) is 60.8 Å². The predicted molar refractivity (Wildman–Crippen MR) is 140 cm³/mol. The summed E-state index contributed by atoms with van der Waals surface area (Å²) < 4.78 is 5.53. The van der Waals surface area contributed by atoms with Gasteiger partial charge in [-0.1, -0.05) is 41.9 Å². The zero-order chi connectivity index (χ0) is 24.6. The van der Waals surface area contributed by atoms with Gasteiger partial charge in [-0.2, -0.15) is 0 Å². The van der Waals surface area contributed by atoms with Crippen LogP contribution in [0.1, 0.15) is 45.2 Å². The van der Waals surface area contributed by atoms with Gasteiger partial charge in [-0.05, 0) is 57.9 Å². The number of pyridine rings is 2. The van der Waals surface area contributed by atoms with E-state index in [9.17, 15) is 4.79 Å². The van der Waals surface area contributed by atoms with Crippen molar-refractivity contribution >= 4 is 28.7 Å². The summed E-state index contributed by atoms with van der Waals surface area (Å²) in [6, 6.07) is 18.1. The summed E-state index contributed by atoms with van der Waals surface area (Å²) in [4.78, 5) is 27.2. The third kappa shape index (κ3) is 5.03. The molecule has 4 aromatic rings. The number of piperidine rings is 1. The number of rotatable bonds is 3. The Morgan fingerprint density at radius 2 is 1.83 bits per heavy atom. The van der Waals surface area contributed by atoms with Gasteiger partial charge in [0.25, 0.3) is 0 Å². The standard InChI is InChI=1S/C28H29ClN4O2/c1-28(2,3)35-27(34)33-15-12-19(13-16-33)24-17-21-20(11-14-30-26(21)32-24)25-22(29)9-10-23(31-25)18-7-5-4-6-8-18/h4-11,14,17,19H,12-13,15-16H2,1-3H3,(H,30,32). The van der Waals surface area contributed by atoms with Crippen molar-refractivity contribution in [2.45, 2.75) is 45.1 Å². The molecular formula is C28H29ClN4O2. The molecule has 0 atom stereocenters. The van der Waals surface area contributed by atoms with E-state index in [1.54, 1.807) is 11.1 Å². The summed E-state index contributed by atoms with van der Waals surface area (Å²) in [6.07, 6.45) is 3.28. The van der Waals surface area contributed by atoms with E-state index in [4.69, 9.17) is 21.3 Å². The van der Waals surface area contributed by atoms with Crippen LogP contribution >= 0.6 is 11.6 Å². The van der Waals surface area contributed by atoms with E-state index in [2.05, 4.69) is 16.0 Å². The highest BCUT2D eigenvalue weighted by atomic mass is 35.5. The highest BCUT2D eigenvalue weighted by Crippen LogP contribution is 2.36. The molecule has 1 aliphatic rings. The normalized spacial score (nSPS) is 14.9. The number of likely N-dealkylation sites (tertiary alicyclic amines) is 1. The molecule has 3 aromatic heterocycles. The molecule has 0 bridgehead atoms. The van der Waals surface area contributed by atoms with E-state index >= 15 is 0 Å². The number of halogens is 1. The van der Waals surface area contributed by atoms with Crippen LogP contribution in [0.3, 0.4) is 0 Å². The Kier molecular flexibility index (Phi) is 6.24. The summed E-state index contributed by atoms with van der Waals surface area (Å²) in [5.41, 5.74) is 5.06. The molecule has 1 aromatic carbocycles. The van der Waals surface area contributed by atoms with Crippen molar-refractivity contribution in [2.75, 3.05) is 13.1 Å². The minimum atomic E-state index is -0.486. The van der Waals surface area contributed by atoms with E-state index in [1.165, 1.54) is 0 Å². The Balaban J connectivity index is 1.41. The molecule has 0 saturated carbocycles. The van der Waals surface area contributed by atoms with Crippen LogP contribution in [0.5, 0.6) is 0 Å². The smallest absolute Gasteiger partial charge is 0.410 e. The lowest BCUT2D eigenvalue weighted by Crippen LogP contribution is -2.41. The van der Waals surface area contributed by atoms with Gasteiger partial charge in [-0.15, -0.1) is 0 Å². The van der Waals surface area contributed by atoms with Gasteiger partial charge in [0.1, 0.15) is 11.2 Å². The summed E-state index contributed by atoms with van der Waals surface area (Å²) in [5, 5.41) is 1.60. The molecule has 0 unspecified atom stereocenters. The number of aromatic nitrogens is 3. The second-order valence-electron chi connectivity index (χ2n) is 9.98. The molecular weight excluding hydrogens is 460 g/mol. The number of H-pyrrole nitrogens is 1. The van der Waals surface area contributed by atoms with Crippen LogP contribution in [-0.2, 0) is 4.74 Å². The van der Waals surface area contributed by atoms with Crippen molar-refractivity contribution < 1.29 is 9.53 Å². The first-order chi connectivity index (χ1) is 16.8. The number of carbonyl (C=O) groups excluding carboxylic acids is 1. The van der Waals surface area contributed by atoms with Crippen molar-refractivity contribution in [3.05, 3.63) is 71.5 Å². The first-order valence-electron chi connectivity index (χ1n) is 12.0. The zero-order valence-electron chi connectivity index (χ0n) is 20.2. The van der Waals surface area contributed by atoms with Crippen LogP contribution in [0.2, 0.25) is 5.02 Å².